The molecule has 8 nitrogen and oxygen atoms in total. The van der Waals surface area contributed by atoms with Crippen molar-refractivity contribution in [2.75, 3.05) is 19.0 Å². The van der Waals surface area contributed by atoms with Gasteiger partial charge in [-0.15, -0.1) is 0 Å². The van der Waals surface area contributed by atoms with Crippen LogP contribution in [-0.2, 0) is 11.2 Å². The first-order valence-corrected chi connectivity index (χ1v) is 11.7. The van der Waals surface area contributed by atoms with E-state index < -0.39 is 0 Å². The van der Waals surface area contributed by atoms with Gasteiger partial charge in [-0.05, 0) is 67.1 Å². The summed E-state index contributed by atoms with van der Waals surface area (Å²) >= 11 is 0. The van der Waals surface area contributed by atoms with Gasteiger partial charge in [0.1, 0.15) is 30.0 Å². The molecule has 8 heteroatoms. The fourth-order valence-corrected chi connectivity index (χ4v) is 4.62. The molecule has 0 saturated heterocycles. The Hall–Kier alpha value is -3.52. The Morgan fingerprint density at radius 3 is 2.91 bits per heavy atom. The Morgan fingerprint density at radius 2 is 2.12 bits per heavy atom. The number of aromatic nitrogens is 2. The molecular formula is C26H29N3O5. The van der Waals surface area contributed by atoms with E-state index in [2.05, 4.69) is 15.5 Å². The van der Waals surface area contributed by atoms with Gasteiger partial charge >= 0.3 is 0 Å². The summed E-state index contributed by atoms with van der Waals surface area (Å²) in [6, 6.07) is 11.3. The van der Waals surface area contributed by atoms with Crippen LogP contribution in [0.15, 0.2) is 48.8 Å². The number of aliphatic hydroxyl groups excluding tert-OH is 1. The number of ether oxygens (including phenoxy) is 3. The van der Waals surface area contributed by atoms with Crippen molar-refractivity contribution in [1.82, 2.24) is 10.2 Å². The zero-order chi connectivity index (χ0) is 23.5. The molecule has 5 rings (SSSR count). The van der Waals surface area contributed by atoms with E-state index in [0.717, 1.165) is 47.5 Å². The van der Waals surface area contributed by atoms with Gasteiger partial charge in [-0.1, -0.05) is 6.07 Å². The lowest BCUT2D eigenvalue weighted by molar-refractivity contribution is -0.121. The van der Waals surface area contributed by atoms with Crippen LogP contribution in [0.4, 0.5) is 5.69 Å². The van der Waals surface area contributed by atoms with Crippen LogP contribution in [0.3, 0.4) is 0 Å². The monoisotopic (exact) mass is 463 g/mol. The topological polar surface area (TPSA) is 106 Å². The number of fused-ring (bicyclic) bond motifs is 1. The number of carbonyl (C=O) groups is 1. The molecule has 2 heterocycles. The molecule has 2 aliphatic rings. The number of rotatable bonds is 6. The fourth-order valence-electron chi connectivity index (χ4n) is 4.62. The van der Waals surface area contributed by atoms with E-state index in [4.69, 9.17) is 14.2 Å². The molecule has 1 aliphatic carbocycles. The lowest BCUT2D eigenvalue weighted by atomic mass is 9.95. The molecule has 3 aromatic rings. The van der Waals surface area contributed by atoms with Gasteiger partial charge in [-0.25, -0.2) is 0 Å². The zero-order valence-corrected chi connectivity index (χ0v) is 19.1. The van der Waals surface area contributed by atoms with Crippen LogP contribution in [0, 0.1) is 5.92 Å². The second kappa shape index (κ2) is 9.77. The second-order valence-corrected chi connectivity index (χ2v) is 8.93. The summed E-state index contributed by atoms with van der Waals surface area (Å²) in [5.74, 6) is 1.65. The van der Waals surface area contributed by atoms with Crippen LogP contribution in [0.1, 0.15) is 31.2 Å². The second-order valence-electron chi connectivity index (χ2n) is 8.93. The first-order valence-electron chi connectivity index (χ1n) is 11.7. The van der Waals surface area contributed by atoms with E-state index in [1.54, 1.807) is 13.3 Å². The highest BCUT2D eigenvalue weighted by Gasteiger charge is 2.28. The minimum atomic E-state index is -0.356. The van der Waals surface area contributed by atoms with Gasteiger partial charge < -0.3 is 24.6 Å². The molecule has 0 spiro atoms. The van der Waals surface area contributed by atoms with E-state index in [1.807, 2.05) is 42.6 Å². The minimum Gasteiger partial charge on any atom is -0.497 e. The predicted molar refractivity (Wildman–Crippen MR) is 127 cm³/mol. The maximum atomic E-state index is 13.2. The number of methoxy groups -OCH3 is 1. The molecule has 3 unspecified atom stereocenters. The molecular weight excluding hydrogens is 434 g/mol. The van der Waals surface area contributed by atoms with Crippen molar-refractivity contribution >= 4 is 11.6 Å². The maximum absolute atomic E-state index is 13.2. The number of benzene rings is 2. The van der Waals surface area contributed by atoms with Crippen LogP contribution in [0.25, 0.3) is 11.1 Å². The largest absolute Gasteiger partial charge is 0.497 e. The summed E-state index contributed by atoms with van der Waals surface area (Å²) in [5.41, 5.74) is 3.42. The van der Waals surface area contributed by atoms with Gasteiger partial charge in [-0.3, -0.25) is 9.89 Å². The molecule has 0 radical (unpaired) electrons. The average molecular weight is 464 g/mol. The summed E-state index contributed by atoms with van der Waals surface area (Å²) in [6.07, 6.45) is 6.83. The van der Waals surface area contributed by atoms with E-state index in [-0.39, 0.29) is 24.0 Å². The number of aromatic amines is 1. The zero-order valence-electron chi connectivity index (χ0n) is 19.1. The molecule has 0 bridgehead atoms. The molecule has 178 valence electrons. The van der Waals surface area contributed by atoms with E-state index >= 15 is 0 Å². The first kappa shape index (κ1) is 22.3. The van der Waals surface area contributed by atoms with Crippen LogP contribution >= 0.6 is 0 Å². The summed E-state index contributed by atoms with van der Waals surface area (Å²) in [4.78, 5) is 13.2. The number of amides is 1. The first-order chi connectivity index (χ1) is 16.6. The van der Waals surface area contributed by atoms with Crippen LogP contribution in [0.2, 0.25) is 0 Å². The van der Waals surface area contributed by atoms with Crippen molar-refractivity contribution < 1.29 is 24.1 Å². The van der Waals surface area contributed by atoms with E-state index in [0.29, 0.717) is 30.9 Å². The molecule has 1 amide bonds. The highest BCUT2D eigenvalue weighted by atomic mass is 16.5. The van der Waals surface area contributed by atoms with E-state index in [1.165, 1.54) is 0 Å². The fraction of sp³-hybridized carbons (Fsp3) is 0.385. The number of carbonyl (C=O) groups excluding carboxylic acids is 1. The smallest absolute Gasteiger partial charge is 0.231 e. The molecule has 1 aromatic heterocycles. The Labute approximate surface area is 198 Å². The highest BCUT2D eigenvalue weighted by molar-refractivity contribution is 5.95. The van der Waals surface area contributed by atoms with Crippen LogP contribution in [0.5, 0.6) is 17.2 Å². The summed E-state index contributed by atoms with van der Waals surface area (Å²) in [7, 11) is 1.62. The maximum Gasteiger partial charge on any atom is 0.231 e. The number of hydrogen-bond donors (Lipinski definition) is 3. The van der Waals surface area contributed by atoms with Gasteiger partial charge in [-0.2, -0.15) is 5.10 Å². The molecule has 3 N–H and O–H groups in total. The summed E-state index contributed by atoms with van der Waals surface area (Å²) < 4.78 is 17.5. The number of H-pyrrole nitrogens is 1. The molecule has 2 aromatic carbocycles. The molecule has 1 fully saturated rings. The lowest BCUT2D eigenvalue weighted by Gasteiger charge is -2.28. The SMILES string of the molecule is COc1ccc2c(c1)CC(C(=O)Nc1ccc(-c3cn[nH]c3)cc1OC1CCCC(O)C1)CO2. The third kappa shape index (κ3) is 4.87. The quantitative estimate of drug-likeness (QED) is 0.511. The molecule has 1 saturated carbocycles. The van der Waals surface area contributed by atoms with Crippen LogP contribution < -0.4 is 19.5 Å². The van der Waals surface area contributed by atoms with E-state index in [9.17, 15) is 9.90 Å². The van der Waals surface area contributed by atoms with Crippen molar-refractivity contribution in [1.29, 1.82) is 0 Å². The molecule has 1 aliphatic heterocycles. The predicted octanol–water partition coefficient (Wildman–Crippen LogP) is 3.96. The lowest BCUT2D eigenvalue weighted by Crippen LogP contribution is -2.33. The van der Waals surface area contributed by atoms with Gasteiger partial charge in [0, 0.05) is 18.2 Å². The van der Waals surface area contributed by atoms with Crippen molar-refractivity contribution in [3.8, 4) is 28.4 Å². The van der Waals surface area contributed by atoms with Gasteiger partial charge in [0.2, 0.25) is 5.91 Å². The third-order valence-electron chi connectivity index (χ3n) is 6.51. The summed E-state index contributed by atoms with van der Waals surface area (Å²) in [6.45, 7) is 0.309. The summed E-state index contributed by atoms with van der Waals surface area (Å²) in [5, 5.41) is 20.0. The highest BCUT2D eigenvalue weighted by Crippen LogP contribution is 2.35. The number of aliphatic hydroxyl groups is 1. The van der Waals surface area contributed by atoms with Gasteiger partial charge in [0.05, 0.1) is 31.0 Å². The third-order valence-corrected chi connectivity index (χ3v) is 6.51. The van der Waals surface area contributed by atoms with Gasteiger partial charge in [0.25, 0.3) is 0 Å². The Morgan fingerprint density at radius 1 is 1.21 bits per heavy atom. The number of hydrogen-bond acceptors (Lipinski definition) is 6. The van der Waals surface area contributed by atoms with Crippen molar-refractivity contribution in [2.24, 2.45) is 5.92 Å². The van der Waals surface area contributed by atoms with Crippen molar-refractivity contribution in [3.63, 3.8) is 0 Å². The number of anilines is 1. The Balaban J connectivity index is 1.36. The standard InChI is InChI=1S/C26H29N3O5/c1-32-21-6-8-24-17(10-21)9-18(15-33-24)26(31)29-23-7-5-16(19-13-27-28-14-19)11-25(23)34-22-4-2-3-20(30)12-22/h5-8,10-11,13-14,18,20,22,30H,2-4,9,12,15H2,1H3,(H,27,28)(H,29,31). The Kier molecular flexibility index (Phi) is 6.40. The average Bonchev–Trinajstić information content (AvgIpc) is 3.39. The Bertz CT molecular complexity index is 1150. The number of nitrogens with one attached hydrogen (secondary N) is 2. The molecule has 34 heavy (non-hydrogen) atoms. The minimum absolute atomic E-state index is 0.101. The normalized spacial score (nSPS) is 21.8. The number of nitrogens with zero attached hydrogens (tertiary/aromatic N) is 1. The van der Waals surface area contributed by atoms with Gasteiger partial charge in [0.15, 0.2) is 0 Å². The molecule has 3 atom stereocenters. The van der Waals surface area contributed by atoms with Crippen molar-refractivity contribution in [2.45, 2.75) is 44.3 Å². The van der Waals surface area contributed by atoms with Crippen molar-refractivity contribution in [3.05, 3.63) is 54.4 Å². The van der Waals surface area contributed by atoms with Crippen LogP contribution in [-0.4, -0.2) is 47.1 Å².